The molecule has 2 heteroatoms. The smallest absolute Gasteiger partial charge is 0.306 e. The molecule has 3 atom stereocenters. The highest BCUT2D eigenvalue weighted by molar-refractivity contribution is 5.69. The number of hydrogen-bond acceptors (Lipinski definition) is 2. The topological polar surface area (TPSA) is 26.3 Å². The molecule has 0 aromatic carbocycles. The predicted molar refractivity (Wildman–Crippen MR) is 186 cm³/mol. The molecule has 0 saturated heterocycles. The van der Waals surface area contributed by atoms with Gasteiger partial charge in [0.2, 0.25) is 0 Å². The summed E-state index contributed by atoms with van der Waals surface area (Å²) in [7, 11) is 0. The molecule has 0 amide bonds. The van der Waals surface area contributed by atoms with Crippen LogP contribution in [-0.4, -0.2) is 12.6 Å². The monoisotopic (exact) mass is 581 g/mol. The molecule has 42 heavy (non-hydrogen) atoms. The lowest BCUT2D eigenvalue weighted by Gasteiger charge is -2.32. The van der Waals surface area contributed by atoms with Crippen molar-refractivity contribution < 1.29 is 9.53 Å². The highest BCUT2D eigenvalue weighted by atomic mass is 16.5. The third kappa shape index (κ3) is 18.0. The summed E-state index contributed by atoms with van der Waals surface area (Å²) in [6, 6.07) is 0. The fraction of sp³-hybridized carbons (Fsp3) is 0.725. The molecule has 1 aliphatic carbocycles. The molecule has 0 N–H and O–H groups in total. The lowest BCUT2D eigenvalue weighted by Crippen LogP contribution is -2.19. The first-order valence-electron chi connectivity index (χ1n) is 17.4. The van der Waals surface area contributed by atoms with Crippen molar-refractivity contribution in [3.05, 3.63) is 58.7 Å². The van der Waals surface area contributed by atoms with Crippen molar-refractivity contribution in [1.82, 2.24) is 0 Å². The second-order valence-corrected chi connectivity index (χ2v) is 14.9. The van der Waals surface area contributed by atoms with Crippen LogP contribution in [0.1, 0.15) is 153 Å². The van der Waals surface area contributed by atoms with Crippen LogP contribution in [-0.2, 0) is 9.53 Å². The van der Waals surface area contributed by atoms with Gasteiger partial charge >= 0.3 is 5.97 Å². The van der Waals surface area contributed by atoms with Crippen molar-refractivity contribution >= 4 is 5.97 Å². The number of hydrogen-bond donors (Lipinski definition) is 0. The first kappa shape index (κ1) is 38.2. The molecule has 3 unspecified atom stereocenters. The Bertz CT molecular complexity index is 923. The summed E-state index contributed by atoms with van der Waals surface area (Å²) in [5.74, 6) is 2.80. The minimum atomic E-state index is -0.0776. The fourth-order valence-corrected chi connectivity index (χ4v) is 6.20. The maximum Gasteiger partial charge on any atom is 0.306 e. The Morgan fingerprint density at radius 2 is 1.40 bits per heavy atom. The summed E-state index contributed by atoms with van der Waals surface area (Å²) in [5.41, 5.74) is 5.64. The van der Waals surface area contributed by atoms with Gasteiger partial charge in [0.1, 0.15) is 6.61 Å². The van der Waals surface area contributed by atoms with Crippen molar-refractivity contribution in [3.8, 4) is 0 Å². The molecule has 0 radical (unpaired) electrons. The normalized spacial score (nSPS) is 18.7. The van der Waals surface area contributed by atoms with Gasteiger partial charge in [-0.3, -0.25) is 4.79 Å². The largest absolute Gasteiger partial charge is 0.461 e. The Kier molecular flexibility index (Phi) is 19.1. The standard InChI is InChI=1S/C40H68O2/c1-31(2)16-11-17-32(3)18-12-19-33(4)20-14-23-36(7)30-39(41)42-29-27-35(6)22-13-21-34(5)25-26-38-37(8)24-15-28-40(38,9)10/h13,21-22,25-27,31-33,36H,11-12,14-20,23-24,28-30H2,1-10H3/b22-13+,26-25+,34-21+,35-27+. The average Bonchev–Trinajstić information content (AvgIpc) is 2.87. The lowest BCUT2D eigenvalue weighted by atomic mass is 9.72. The van der Waals surface area contributed by atoms with E-state index in [0.717, 1.165) is 29.7 Å². The number of esters is 1. The van der Waals surface area contributed by atoms with Gasteiger partial charge < -0.3 is 4.74 Å². The lowest BCUT2D eigenvalue weighted by molar-refractivity contribution is -0.143. The van der Waals surface area contributed by atoms with E-state index in [1.807, 2.05) is 6.08 Å². The van der Waals surface area contributed by atoms with Crippen LogP contribution in [0, 0.1) is 29.1 Å². The Morgan fingerprint density at radius 1 is 0.833 bits per heavy atom. The third-order valence-electron chi connectivity index (χ3n) is 9.20. The first-order chi connectivity index (χ1) is 19.8. The van der Waals surface area contributed by atoms with Crippen LogP contribution in [0.25, 0.3) is 0 Å². The van der Waals surface area contributed by atoms with Gasteiger partial charge in [-0.2, -0.15) is 0 Å². The highest BCUT2D eigenvalue weighted by Gasteiger charge is 2.26. The quantitative estimate of drug-likeness (QED) is 0.106. The zero-order valence-corrected chi connectivity index (χ0v) is 29.5. The van der Waals surface area contributed by atoms with E-state index in [9.17, 15) is 4.79 Å². The number of allylic oxidation sites excluding steroid dienone is 9. The van der Waals surface area contributed by atoms with E-state index in [2.05, 4.69) is 99.6 Å². The second kappa shape index (κ2) is 21.0. The Labute approximate surface area is 262 Å². The van der Waals surface area contributed by atoms with Crippen molar-refractivity contribution in [1.29, 1.82) is 0 Å². The van der Waals surface area contributed by atoms with Crippen LogP contribution in [0.2, 0.25) is 0 Å². The van der Waals surface area contributed by atoms with E-state index in [1.54, 1.807) is 0 Å². The minimum Gasteiger partial charge on any atom is -0.461 e. The van der Waals surface area contributed by atoms with Gasteiger partial charge in [0.05, 0.1) is 0 Å². The molecule has 0 aliphatic heterocycles. The number of carbonyl (C=O) groups is 1. The molecule has 240 valence electrons. The van der Waals surface area contributed by atoms with Crippen molar-refractivity contribution in [3.63, 3.8) is 0 Å². The molecular weight excluding hydrogens is 512 g/mol. The Balaban J connectivity index is 2.25. The Hall–Kier alpha value is -1.83. The zero-order chi connectivity index (χ0) is 31.5. The molecule has 0 saturated carbocycles. The molecule has 0 bridgehead atoms. The van der Waals surface area contributed by atoms with Crippen LogP contribution in [0.15, 0.2) is 58.7 Å². The van der Waals surface area contributed by atoms with E-state index < -0.39 is 0 Å². The minimum absolute atomic E-state index is 0.0776. The van der Waals surface area contributed by atoms with Crippen molar-refractivity contribution in [2.75, 3.05) is 6.61 Å². The maximum atomic E-state index is 12.3. The molecular formula is C40H68O2. The van der Waals surface area contributed by atoms with Gasteiger partial charge in [0.25, 0.3) is 0 Å². The van der Waals surface area contributed by atoms with Gasteiger partial charge in [-0.15, -0.1) is 0 Å². The molecule has 2 nitrogen and oxygen atoms in total. The zero-order valence-electron chi connectivity index (χ0n) is 29.5. The van der Waals surface area contributed by atoms with E-state index in [1.165, 1.54) is 87.3 Å². The van der Waals surface area contributed by atoms with E-state index in [0.29, 0.717) is 18.9 Å². The highest BCUT2D eigenvalue weighted by Crippen LogP contribution is 2.40. The van der Waals surface area contributed by atoms with Crippen LogP contribution >= 0.6 is 0 Å². The maximum absolute atomic E-state index is 12.3. The molecule has 0 aromatic rings. The summed E-state index contributed by atoms with van der Waals surface area (Å²) < 4.78 is 5.51. The Morgan fingerprint density at radius 3 is 1.98 bits per heavy atom. The number of rotatable bonds is 20. The fourth-order valence-electron chi connectivity index (χ4n) is 6.20. The van der Waals surface area contributed by atoms with Crippen LogP contribution in [0.3, 0.4) is 0 Å². The van der Waals surface area contributed by atoms with Gasteiger partial charge in [-0.05, 0) is 80.8 Å². The summed E-state index contributed by atoms with van der Waals surface area (Å²) in [4.78, 5) is 12.3. The summed E-state index contributed by atoms with van der Waals surface area (Å²) in [6.07, 6.45) is 28.9. The SMILES string of the molecule is CC1=C(/C=C/C(C)=C/C=C/C(C)=C/COC(=O)CC(C)CCCC(C)CCCC(C)CCCC(C)C)C(C)(C)CCC1. The molecule has 0 aromatic heterocycles. The van der Waals surface area contributed by atoms with Gasteiger partial charge in [-0.1, -0.05) is 153 Å². The third-order valence-corrected chi connectivity index (χ3v) is 9.20. The van der Waals surface area contributed by atoms with Gasteiger partial charge in [0.15, 0.2) is 0 Å². The average molecular weight is 581 g/mol. The van der Waals surface area contributed by atoms with Crippen molar-refractivity contribution in [2.45, 2.75) is 153 Å². The second-order valence-electron chi connectivity index (χ2n) is 14.9. The van der Waals surface area contributed by atoms with Crippen LogP contribution < -0.4 is 0 Å². The number of ether oxygens (including phenoxy) is 1. The first-order valence-corrected chi connectivity index (χ1v) is 17.4. The predicted octanol–water partition coefficient (Wildman–Crippen LogP) is 12.5. The van der Waals surface area contributed by atoms with E-state index >= 15 is 0 Å². The van der Waals surface area contributed by atoms with Gasteiger partial charge in [0, 0.05) is 6.42 Å². The van der Waals surface area contributed by atoms with E-state index in [-0.39, 0.29) is 11.4 Å². The molecule has 1 rings (SSSR count). The van der Waals surface area contributed by atoms with Gasteiger partial charge in [-0.25, -0.2) is 0 Å². The summed E-state index contributed by atoms with van der Waals surface area (Å²) in [6.45, 7) is 23.2. The molecule has 0 fully saturated rings. The molecule has 0 heterocycles. The summed E-state index contributed by atoms with van der Waals surface area (Å²) >= 11 is 0. The molecule has 0 spiro atoms. The van der Waals surface area contributed by atoms with E-state index in [4.69, 9.17) is 4.74 Å². The molecule has 1 aliphatic rings. The van der Waals surface area contributed by atoms with Crippen molar-refractivity contribution in [2.24, 2.45) is 29.1 Å². The summed E-state index contributed by atoms with van der Waals surface area (Å²) in [5, 5.41) is 0. The van der Waals surface area contributed by atoms with Crippen LogP contribution in [0.5, 0.6) is 0 Å². The van der Waals surface area contributed by atoms with Crippen LogP contribution in [0.4, 0.5) is 0 Å². The number of carbonyl (C=O) groups excluding carboxylic acids is 1.